The molecule has 1 atom stereocenters. The van der Waals surface area contributed by atoms with E-state index < -0.39 is 11.9 Å². The third-order valence-electron chi connectivity index (χ3n) is 2.30. The van der Waals surface area contributed by atoms with Gasteiger partial charge in [0.2, 0.25) is 0 Å². The average molecular weight is 221 g/mol. The van der Waals surface area contributed by atoms with Gasteiger partial charge in [-0.05, 0) is 11.6 Å². The first-order valence-corrected chi connectivity index (χ1v) is 4.91. The Morgan fingerprint density at radius 2 is 2.25 bits per heavy atom. The van der Waals surface area contributed by atoms with Crippen LogP contribution in [0.1, 0.15) is 17.2 Å². The molecule has 0 radical (unpaired) electrons. The molecule has 0 fully saturated rings. The van der Waals surface area contributed by atoms with Crippen molar-refractivity contribution in [1.82, 2.24) is 14.8 Å². The Morgan fingerprint density at radius 3 is 2.88 bits per heavy atom. The Bertz CT molecular complexity index is 484. The number of hydrogen-bond acceptors (Lipinski definition) is 3. The molecule has 4 nitrogen and oxygen atoms in total. The Balaban J connectivity index is 2.11. The molecule has 0 amide bonds. The maximum Gasteiger partial charge on any atom is 0.141 e. The van der Waals surface area contributed by atoms with Gasteiger partial charge in [0.25, 0.3) is 0 Å². The van der Waals surface area contributed by atoms with Gasteiger partial charge in [0.1, 0.15) is 5.82 Å². The van der Waals surface area contributed by atoms with Crippen LogP contribution in [0.4, 0.5) is 4.39 Å². The fourth-order valence-corrected chi connectivity index (χ4v) is 1.53. The first-order valence-electron chi connectivity index (χ1n) is 4.91. The van der Waals surface area contributed by atoms with Crippen LogP contribution in [0.25, 0.3) is 0 Å². The molecular formula is C11H12FN3O. The van der Waals surface area contributed by atoms with E-state index in [-0.39, 0.29) is 0 Å². The number of aromatic nitrogens is 3. The molecule has 2 rings (SSSR count). The van der Waals surface area contributed by atoms with Crippen LogP contribution < -0.4 is 0 Å². The number of aliphatic hydroxyl groups excluding tert-OH is 1. The Kier molecular flexibility index (Phi) is 2.96. The van der Waals surface area contributed by atoms with Gasteiger partial charge >= 0.3 is 0 Å². The van der Waals surface area contributed by atoms with Gasteiger partial charge in [0.15, 0.2) is 0 Å². The second kappa shape index (κ2) is 4.40. The van der Waals surface area contributed by atoms with E-state index in [2.05, 4.69) is 10.1 Å². The van der Waals surface area contributed by atoms with Crippen LogP contribution in [0.15, 0.2) is 30.9 Å². The van der Waals surface area contributed by atoms with E-state index in [1.807, 2.05) is 6.20 Å². The fraction of sp³-hybridized carbons (Fsp3) is 0.273. The minimum atomic E-state index is -0.757. The smallest absolute Gasteiger partial charge is 0.141 e. The van der Waals surface area contributed by atoms with Gasteiger partial charge in [-0.15, -0.1) is 0 Å². The van der Waals surface area contributed by atoms with Crippen molar-refractivity contribution in [2.24, 2.45) is 7.05 Å². The summed E-state index contributed by atoms with van der Waals surface area (Å²) < 4.78 is 14.5. The fourth-order valence-electron chi connectivity index (χ4n) is 1.53. The lowest BCUT2D eigenvalue weighted by Gasteiger charge is -2.08. The predicted molar refractivity (Wildman–Crippen MR) is 56.1 cm³/mol. The largest absolute Gasteiger partial charge is 0.388 e. The van der Waals surface area contributed by atoms with Crippen LogP contribution in [-0.4, -0.2) is 19.9 Å². The van der Waals surface area contributed by atoms with Crippen LogP contribution in [0.5, 0.6) is 0 Å². The first-order chi connectivity index (χ1) is 7.65. The quantitative estimate of drug-likeness (QED) is 0.848. The minimum absolute atomic E-state index is 0.402. The molecule has 84 valence electrons. The second-order valence-corrected chi connectivity index (χ2v) is 3.68. The highest BCUT2D eigenvalue weighted by Crippen LogP contribution is 2.17. The number of halogens is 1. The van der Waals surface area contributed by atoms with Crippen LogP contribution in [-0.2, 0) is 13.5 Å². The van der Waals surface area contributed by atoms with Crippen molar-refractivity contribution in [3.63, 3.8) is 0 Å². The molecule has 16 heavy (non-hydrogen) atoms. The molecule has 2 heterocycles. The molecule has 2 aromatic rings. The summed E-state index contributed by atoms with van der Waals surface area (Å²) in [4.78, 5) is 3.70. The van der Waals surface area contributed by atoms with Crippen molar-refractivity contribution in [3.05, 3.63) is 47.8 Å². The molecule has 0 spiro atoms. The van der Waals surface area contributed by atoms with E-state index >= 15 is 0 Å². The molecule has 5 heteroatoms. The van der Waals surface area contributed by atoms with Gasteiger partial charge in [0, 0.05) is 31.4 Å². The lowest BCUT2D eigenvalue weighted by molar-refractivity contribution is 0.177. The van der Waals surface area contributed by atoms with Crippen molar-refractivity contribution < 1.29 is 9.50 Å². The summed E-state index contributed by atoms with van der Waals surface area (Å²) >= 11 is 0. The van der Waals surface area contributed by atoms with E-state index in [9.17, 15) is 9.50 Å². The SMILES string of the molecule is Cn1cc(CC(O)c2cncc(F)c2)cn1. The molecule has 0 bridgehead atoms. The number of nitrogens with zero attached hydrogens (tertiary/aromatic N) is 3. The molecule has 0 aromatic carbocycles. The van der Waals surface area contributed by atoms with Crippen molar-refractivity contribution in [1.29, 1.82) is 0 Å². The summed E-state index contributed by atoms with van der Waals surface area (Å²) in [6.45, 7) is 0. The molecule has 0 aliphatic heterocycles. The Morgan fingerprint density at radius 1 is 1.44 bits per heavy atom. The van der Waals surface area contributed by atoms with E-state index in [1.165, 1.54) is 12.3 Å². The van der Waals surface area contributed by atoms with E-state index in [0.717, 1.165) is 11.8 Å². The van der Waals surface area contributed by atoms with Crippen molar-refractivity contribution in [2.75, 3.05) is 0 Å². The van der Waals surface area contributed by atoms with Crippen LogP contribution in [0.3, 0.4) is 0 Å². The molecule has 1 N–H and O–H groups in total. The van der Waals surface area contributed by atoms with Gasteiger partial charge in [-0.3, -0.25) is 9.67 Å². The standard InChI is InChI=1S/C11H12FN3O/c1-15-7-8(4-14-15)2-11(16)9-3-10(12)6-13-5-9/h3-7,11,16H,2H2,1H3. The highest BCUT2D eigenvalue weighted by Gasteiger charge is 2.10. The highest BCUT2D eigenvalue weighted by atomic mass is 19.1. The summed E-state index contributed by atoms with van der Waals surface area (Å²) in [5.74, 6) is -0.442. The lowest BCUT2D eigenvalue weighted by atomic mass is 10.1. The molecule has 0 saturated heterocycles. The molecular weight excluding hydrogens is 209 g/mol. The van der Waals surface area contributed by atoms with Crippen LogP contribution in [0.2, 0.25) is 0 Å². The van der Waals surface area contributed by atoms with E-state index in [1.54, 1.807) is 17.9 Å². The normalized spacial score (nSPS) is 12.7. The van der Waals surface area contributed by atoms with Gasteiger partial charge in [-0.2, -0.15) is 5.10 Å². The minimum Gasteiger partial charge on any atom is -0.388 e. The highest BCUT2D eigenvalue weighted by molar-refractivity contribution is 5.17. The van der Waals surface area contributed by atoms with Crippen molar-refractivity contribution in [2.45, 2.75) is 12.5 Å². The molecule has 0 saturated carbocycles. The van der Waals surface area contributed by atoms with Crippen molar-refractivity contribution in [3.8, 4) is 0 Å². The lowest BCUT2D eigenvalue weighted by Crippen LogP contribution is -2.02. The zero-order chi connectivity index (χ0) is 11.5. The van der Waals surface area contributed by atoms with E-state index in [4.69, 9.17) is 0 Å². The third-order valence-corrected chi connectivity index (χ3v) is 2.30. The number of aliphatic hydroxyl groups is 1. The van der Waals surface area contributed by atoms with Gasteiger partial charge in [0.05, 0.1) is 18.5 Å². The van der Waals surface area contributed by atoms with Gasteiger partial charge in [-0.25, -0.2) is 4.39 Å². The van der Waals surface area contributed by atoms with Crippen LogP contribution in [0, 0.1) is 5.82 Å². The average Bonchev–Trinajstić information content (AvgIpc) is 2.64. The summed E-state index contributed by atoms with van der Waals surface area (Å²) in [5, 5.41) is 13.9. The first kappa shape index (κ1) is 10.8. The van der Waals surface area contributed by atoms with Gasteiger partial charge in [-0.1, -0.05) is 0 Å². The molecule has 1 unspecified atom stereocenters. The van der Waals surface area contributed by atoms with Crippen LogP contribution >= 0.6 is 0 Å². The maximum absolute atomic E-state index is 12.9. The zero-order valence-corrected chi connectivity index (χ0v) is 8.84. The number of hydrogen-bond donors (Lipinski definition) is 1. The Hall–Kier alpha value is -1.75. The summed E-state index contributed by atoms with van der Waals surface area (Å²) in [6, 6.07) is 1.29. The second-order valence-electron chi connectivity index (χ2n) is 3.68. The zero-order valence-electron chi connectivity index (χ0n) is 8.84. The molecule has 2 aromatic heterocycles. The summed E-state index contributed by atoms with van der Waals surface area (Å²) in [7, 11) is 1.81. The third kappa shape index (κ3) is 2.43. The summed E-state index contributed by atoms with van der Waals surface area (Å²) in [6.07, 6.45) is 5.71. The molecule has 0 aliphatic carbocycles. The van der Waals surface area contributed by atoms with Gasteiger partial charge < -0.3 is 5.11 Å². The number of rotatable bonds is 3. The van der Waals surface area contributed by atoms with Crippen molar-refractivity contribution >= 4 is 0 Å². The number of aryl methyl sites for hydroxylation is 1. The van der Waals surface area contributed by atoms with E-state index in [0.29, 0.717) is 12.0 Å². The number of pyridine rings is 1. The summed E-state index contributed by atoms with van der Waals surface area (Å²) in [5.41, 5.74) is 1.38. The predicted octanol–water partition coefficient (Wildman–Crippen LogP) is 1.23. The molecule has 0 aliphatic rings. The monoisotopic (exact) mass is 221 g/mol. The Labute approximate surface area is 92.4 Å². The topological polar surface area (TPSA) is 50.9 Å². The maximum atomic E-state index is 12.9.